The van der Waals surface area contributed by atoms with Crippen molar-refractivity contribution in [3.63, 3.8) is 0 Å². The van der Waals surface area contributed by atoms with Crippen molar-refractivity contribution >= 4 is 5.91 Å². The molecule has 1 amide bonds. The normalized spacial score (nSPS) is 16.7. The van der Waals surface area contributed by atoms with E-state index >= 15 is 0 Å². The summed E-state index contributed by atoms with van der Waals surface area (Å²) in [6.07, 6.45) is 6.64. The number of benzene rings is 1. The molecule has 2 aromatic rings. The van der Waals surface area contributed by atoms with Gasteiger partial charge >= 0.3 is 0 Å². The van der Waals surface area contributed by atoms with Crippen LogP contribution in [0.15, 0.2) is 36.7 Å². The highest BCUT2D eigenvalue weighted by Gasteiger charge is 2.18. The predicted octanol–water partition coefficient (Wildman–Crippen LogP) is 2.42. The van der Waals surface area contributed by atoms with Crippen LogP contribution in [0.25, 0.3) is 0 Å². The van der Waals surface area contributed by atoms with Crippen LogP contribution in [0.3, 0.4) is 0 Å². The van der Waals surface area contributed by atoms with E-state index in [0.29, 0.717) is 18.1 Å². The van der Waals surface area contributed by atoms with Crippen molar-refractivity contribution in [2.45, 2.75) is 31.9 Å². The molecule has 1 aromatic carbocycles. The van der Waals surface area contributed by atoms with Gasteiger partial charge in [0.2, 0.25) is 0 Å². The molecule has 3 rings (SSSR count). The molecule has 26 heavy (non-hydrogen) atoms. The van der Waals surface area contributed by atoms with Gasteiger partial charge in [-0.2, -0.15) is 0 Å². The second-order valence-electron chi connectivity index (χ2n) is 6.05. The van der Waals surface area contributed by atoms with Gasteiger partial charge in [0.15, 0.2) is 12.4 Å². The molecule has 1 N–H and O–H groups in total. The van der Waals surface area contributed by atoms with Crippen molar-refractivity contribution in [2.24, 2.45) is 0 Å². The summed E-state index contributed by atoms with van der Waals surface area (Å²) in [6.45, 7) is 1.07. The third-order valence-corrected chi connectivity index (χ3v) is 4.11. The third-order valence-electron chi connectivity index (χ3n) is 4.11. The number of nitrogens with zero attached hydrogens (tertiary/aromatic N) is 2. The molecule has 7 heteroatoms. The first-order valence-corrected chi connectivity index (χ1v) is 8.70. The minimum absolute atomic E-state index is 0.00899. The Morgan fingerprint density at radius 2 is 1.92 bits per heavy atom. The number of nitrogens with one attached hydrogen (secondary N) is 1. The molecule has 1 saturated heterocycles. The Morgan fingerprint density at radius 3 is 2.58 bits per heavy atom. The molecular formula is C19H23N3O4. The van der Waals surface area contributed by atoms with Crippen molar-refractivity contribution in [1.82, 2.24) is 15.3 Å². The van der Waals surface area contributed by atoms with Gasteiger partial charge < -0.3 is 19.5 Å². The van der Waals surface area contributed by atoms with Gasteiger partial charge in [-0.3, -0.25) is 4.79 Å². The van der Waals surface area contributed by atoms with Crippen LogP contribution in [0.4, 0.5) is 0 Å². The molecule has 1 atom stereocenters. The average Bonchev–Trinajstić information content (AvgIpc) is 2.72. The molecule has 7 nitrogen and oxygen atoms in total. The van der Waals surface area contributed by atoms with E-state index in [4.69, 9.17) is 14.2 Å². The van der Waals surface area contributed by atoms with Gasteiger partial charge in [0.05, 0.1) is 7.11 Å². The summed E-state index contributed by atoms with van der Waals surface area (Å²) in [5.41, 5.74) is 0.836. The van der Waals surface area contributed by atoms with Crippen molar-refractivity contribution < 1.29 is 19.0 Å². The highest BCUT2D eigenvalue weighted by Crippen LogP contribution is 2.24. The Labute approximate surface area is 152 Å². The maximum atomic E-state index is 11.9. The molecule has 0 aliphatic carbocycles. The Kier molecular flexibility index (Phi) is 6.38. The minimum Gasteiger partial charge on any atom is -0.497 e. The summed E-state index contributed by atoms with van der Waals surface area (Å²) < 4.78 is 16.2. The second-order valence-corrected chi connectivity index (χ2v) is 6.05. The summed E-state index contributed by atoms with van der Waals surface area (Å²) >= 11 is 0. The van der Waals surface area contributed by atoms with Crippen LogP contribution in [0, 0.1) is 0 Å². The van der Waals surface area contributed by atoms with E-state index in [2.05, 4.69) is 15.3 Å². The van der Waals surface area contributed by atoms with Crippen LogP contribution in [0.5, 0.6) is 11.5 Å². The summed E-state index contributed by atoms with van der Waals surface area (Å²) in [6, 6.07) is 7.07. The lowest BCUT2D eigenvalue weighted by molar-refractivity contribution is -0.123. The minimum atomic E-state index is -0.208. The Bertz CT molecular complexity index is 698. The van der Waals surface area contributed by atoms with Gasteiger partial charge in [0.25, 0.3) is 5.91 Å². The van der Waals surface area contributed by atoms with E-state index in [1.54, 1.807) is 43.8 Å². The molecule has 1 fully saturated rings. The number of methoxy groups -OCH3 is 1. The number of ether oxygens (including phenoxy) is 3. The summed E-state index contributed by atoms with van der Waals surface area (Å²) in [5.74, 6) is 1.85. The zero-order valence-electron chi connectivity index (χ0n) is 14.8. The predicted molar refractivity (Wildman–Crippen MR) is 94.9 cm³/mol. The molecule has 0 spiro atoms. The maximum Gasteiger partial charge on any atom is 0.258 e. The van der Waals surface area contributed by atoms with Gasteiger partial charge in [-0.1, -0.05) is 0 Å². The van der Waals surface area contributed by atoms with E-state index in [9.17, 15) is 4.79 Å². The van der Waals surface area contributed by atoms with Crippen molar-refractivity contribution in [1.29, 1.82) is 0 Å². The quantitative estimate of drug-likeness (QED) is 0.819. The lowest BCUT2D eigenvalue weighted by atomic mass is 10.1. The summed E-state index contributed by atoms with van der Waals surface area (Å²) in [5, 5.41) is 2.79. The molecule has 138 valence electrons. The van der Waals surface area contributed by atoms with Crippen molar-refractivity contribution in [3.8, 4) is 11.5 Å². The zero-order chi connectivity index (χ0) is 18.2. The molecule has 0 radical (unpaired) electrons. The zero-order valence-corrected chi connectivity index (χ0v) is 14.8. The van der Waals surface area contributed by atoms with Gasteiger partial charge in [0, 0.05) is 31.1 Å². The fourth-order valence-electron chi connectivity index (χ4n) is 2.64. The Morgan fingerprint density at radius 1 is 1.19 bits per heavy atom. The smallest absolute Gasteiger partial charge is 0.258 e. The summed E-state index contributed by atoms with van der Waals surface area (Å²) in [7, 11) is 1.60. The monoisotopic (exact) mass is 357 g/mol. The van der Waals surface area contributed by atoms with E-state index in [0.717, 1.165) is 37.2 Å². The van der Waals surface area contributed by atoms with Crippen LogP contribution >= 0.6 is 0 Å². The number of carbonyl (C=O) groups excluding carboxylic acids is 1. The molecule has 1 aliphatic rings. The average molecular weight is 357 g/mol. The van der Waals surface area contributed by atoms with E-state index < -0.39 is 0 Å². The van der Waals surface area contributed by atoms with E-state index in [1.165, 1.54) is 0 Å². The number of hydrogen-bond acceptors (Lipinski definition) is 6. The summed E-state index contributed by atoms with van der Waals surface area (Å²) in [4.78, 5) is 20.6. The molecule has 0 bridgehead atoms. The fraction of sp³-hybridized carbons (Fsp3) is 0.421. The van der Waals surface area contributed by atoms with E-state index in [1.807, 2.05) is 0 Å². The molecular weight excluding hydrogens is 334 g/mol. The van der Waals surface area contributed by atoms with Gasteiger partial charge in [-0.05, 0) is 43.5 Å². The number of carbonyl (C=O) groups is 1. The van der Waals surface area contributed by atoms with Gasteiger partial charge in [0.1, 0.15) is 17.6 Å². The van der Waals surface area contributed by atoms with Crippen LogP contribution in [-0.2, 0) is 16.1 Å². The fourth-order valence-corrected chi connectivity index (χ4v) is 2.64. The van der Waals surface area contributed by atoms with Crippen molar-refractivity contribution in [2.75, 3.05) is 20.3 Å². The SMILES string of the molecule is COc1ccc(OCC(=O)NCc2cnc([C@H]3CCCCO3)nc2)cc1. The first kappa shape index (κ1) is 18.1. The highest BCUT2D eigenvalue weighted by molar-refractivity contribution is 5.77. The molecule has 2 heterocycles. The molecule has 0 saturated carbocycles. The first-order valence-electron chi connectivity index (χ1n) is 8.70. The molecule has 0 unspecified atom stereocenters. The topological polar surface area (TPSA) is 82.6 Å². The van der Waals surface area contributed by atoms with Crippen LogP contribution in [0.1, 0.15) is 36.8 Å². The molecule has 1 aliphatic heterocycles. The molecule has 1 aromatic heterocycles. The largest absolute Gasteiger partial charge is 0.497 e. The first-order chi connectivity index (χ1) is 12.7. The number of hydrogen-bond donors (Lipinski definition) is 1. The van der Waals surface area contributed by atoms with Crippen LogP contribution in [-0.4, -0.2) is 36.2 Å². The highest BCUT2D eigenvalue weighted by atomic mass is 16.5. The lowest BCUT2D eigenvalue weighted by Crippen LogP contribution is -2.28. The standard InChI is InChI=1S/C19H23N3O4/c1-24-15-5-7-16(8-6-15)26-13-18(23)20-10-14-11-21-19(22-12-14)17-4-2-3-9-25-17/h5-8,11-12,17H,2-4,9-10,13H2,1H3,(H,20,23)/t17-/m1/s1. The number of amides is 1. The maximum absolute atomic E-state index is 11.9. The third kappa shape index (κ3) is 5.16. The number of rotatable bonds is 7. The number of aromatic nitrogens is 2. The van der Waals surface area contributed by atoms with Crippen molar-refractivity contribution in [3.05, 3.63) is 48.0 Å². The lowest BCUT2D eigenvalue weighted by Gasteiger charge is -2.21. The Balaban J connectivity index is 1.42. The van der Waals surface area contributed by atoms with Gasteiger partial charge in [-0.15, -0.1) is 0 Å². The van der Waals surface area contributed by atoms with Crippen LogP contribution < -0.4 is 14.8 Å². The Hall–Kier alpha value is -2.67. The van der Waals surface area contributed by atoms with E-state index in [-0.39, 0.29) is 18.6 Å². The van der Waals surface area contributed by atoms with Gasteiger partial charge in [-0.25, -0.2) is 9.97 Å². The second kappa shape index (κ2) is 9.15. The van der Waals surface area contributed by atoms with Crippen LogP contribution in [0.2, 0.25) is 0 Å².